The number of aryl methyl sites for hydroxylation is 3. The highest BCUT2D eigenvalue weighted by molar-refractivity contribution is 7.93. The van der Waals surface area contributed by atoms with E-state index >= 15 is 0 Å². The summed E-state index contributed by atoms with van der Waals surface area (Å²) in [4.78, 5) is 55.5. The average molecular weight is 736 g/mol. The Bertz CT molecular complexity index is 2320. The molecule has 1 aromatic heterocycles. The predicted molar refractivity (Wildman–Crippen MR) is 181 cm³/mol. The van der Waals surface area contributed by atoms with E-state index < -0.39 is 44.2 Å². The molecule has 0 radical (unpaired) electrons. The number of carbonyl (C=O) groups is 4. The molecule has 3 amide bonds. The van der Waals surface area contributed by atoms with Crippen LogP contribution in [0.1, 0.15) is 40.7 Å². The molecule has 0 N–H and O–H groups in total. The minimum atomic E-state index is -5.42. The van der Waals surface area contributed by atoms with Crippen LogP contribution in [0.3, 0.4) is 0 Å². The van der Waals surface area contributed by atoms with Crippen LogP contribution in [0.5, 0.6) is 0 Å². The monoisotopic (exact) mass is 735 g/mol. The van der Waals surface area contributed by atoms with Crippen molar-refractivity contribution in [1.29, 1.82) is 0 Å². The average Bonchev–Trinajstić information content (AvgIpc) is 3.39. The molecule has 0 atom stereocenters. The first-order chi connectivity index (χ1) is 24.1. The van der Waals surface area contributed by atoms with Crippen molar-refractivity contribution in [3.05, 3.63) is 114 Å². The van der Waals surface area contributed by atoms with Crippen LogP contribution >= 0.6 is 0 Å². The van der Waals surface area contributed by atoms with Gasteiger partial charge in [0.05, 0.1) is 33.3 Å². The van der Waals surface area contributed by atoms with Crippen molar-refractivity contribution < 1.29 is 53.9 Å². The molecular formula is C35H30FN3O10S2. The van der Waals surface area contributed by atoms with E-state index in [4.69, 9.17) is 17.8 Å². The summed E-state index contributed by atoms with van der Waals surface area (Å²) in [5.74, 6) is -2.59. The van der Waals surface area contributed by atoms with Gasteiger partial charge in [0.1, 0.15) is 7.05 Å². The van der Waals surface area contributed by atoms with Crippen LogP contribution in [-0.4, -0.2) is 50.1 Å². The highest BCUT2D eigenvalue weighted by Crippen LogP contribution is 2.32. The lowest BCUT2D eigenvalue weighted by molar-refractivity contribution is -0.617. The molecular weight excluding hydrogens is 706 g/mol. The van der Waals surface area contributed by atoms with Crippen LogP contribution in [0.4, 0.5) is 9.57 Å². The Morgan fingerprint density at radius 2 is 1.31 bits per heavy atom. The molecule has 1 aliphatic heterocycles. The maximum absolute atomic E-state index is 14.7. The third-order valence-electron chi connectivity index (χ3n) is 8.01. The number of hydroxylamine groups is 2. The van der Waals surface area contributed by atoms with Gasteiger partial charge in [-0.25, -0.2) is 21.6 Å². The number of hydrogen-bond acceptors (Lipinski definition) is 10. The molecule has 0 aliphatic carbocycles. The summed E-state index contributed by atoms with van der Waals surface area (Å²) in [7, 11) is -7.91. The summed E-state index contributed by atoms with van der Waals surface area (Å²) >= 11 is 0. The molecule has 0 saturated carbocycles. The molecule has 6 rings (SSSR count). The second-order valence-electron chi connectivity index (χ2n) is 11.5. The molecule has 13 nitrogen and oxygen atoms in total. The lowest BCUT2D eigenvalue weighted by atomic mass is 10.0. The Hall–Kier alpha value is -5.58. The van der Waals surface area contributed by atoms with E-state index in [0.717, 1.165) is 20.9 Å². The number of pyridine rings is 1. The van der Waals surface area contributed by atoms with Crippen molar-refractivity contribution in [3.8, 4) is 0 Å². The molecule has 0 unspecified atom stereocenters. The second-order valence-corrected chi connectivity index (χ2v) is 14.0. The first-order valence-electron chi connectivity index (χ1n) is 15.3. The third kappa shape index (κ3) is 8.25. The number of rotatable bonds is 8. The fourth-order valence-corrected chi connectivity index (χ4v) is 6.99. The van der Waals surface area contributed by atoms with Crippen molar-refractivity contribution in [1.82, 2.24) is 5.06 Å². The van der Waals surface area contributed by atoms with Crippen molar-refractivity contribution in [2.75, 3.05) is 4.31 Å². The van der Waals surface area contributed by atoms with Gasteiger partial charge in [0.15, 0.2) is 0 Å². The normalized spacial score (nSPS) is 13.2. The summed E-state index contributed by atoms with van der Waals surface area (Å²) in [5.41, 5.74) is 3.41. The number of imide groups is 1. The molecule has 264 valence electrons. The molecule has 16 heteroatoms. The SMILES string of the molecule is Cc1ccc(S(=O)(=O)N(C(=O)c2c3ccccc3[n+](C)c3ccccc23)c2ccc(CCC(=O)ON3C(=O)CCC3=O)cc2)cc1.O=S(=O)([O-])F. The van der Waals surface area contributed by atoms with E-state index in [9.17, 15) is 31.5 Å². The summed E-state index contributed by atoms with van der Waals surface area (Å²) in [5, 5.41) is 1.70. The summed E-state index contributed by atoms with van der Waals surface area (Å²) in [6, 6.07) is 27.3. The highest BCUT2D eigenvalue weighted by Gasteiger charge is 2.36. The van der Waals surface area contributed by atoms with E-state index in [1.165, 1.54) is 24.3 Å². The molecule has 1 fully saturated rings. The Labute approximate surface area is 292 Å². The van der Waals surface area contributed by atoms with Gasteiger partial charge >= 0.3 is 5.97 Å². The van der Waals surface area contributed by atoms with E-state index in [1.807, 2.05) is 54.9 Å². The largest absolute Gasteiger partial charge is 0.722 e. The Morgan fingerprint density at radius 3 is 1.82 bits per heavy atom. The Morgan fingerprint density at radius 1 is 0.824 bits per heavy atom. The number of anilines is 1. The molecule has 51 heavy (non-hydrogen) atoms. The molecule has 0 bridgehead atoms. The quantitative estimate of drug-likeness (QED) is 0.0740. The predicted octanol–water partition coefficient (Wildman–Crippen LogP) is 4.12. The number of fused-ring (bicyclic) bond motifs is 2. The van der Waals surface area contributed by atoms with Gasteiger partial charge in [-0.3, -0.25) is 14.4 Å². The summed E-state index contributed by atoms with van der Waals surface area (Å²) < 4.78 is 66.7. The standard InChI is InChI=1S/C35H30N3O7S.FHO3S/c1-23-11-18-26(19-12-23)46(43,44)38(25-16-13-24(14-17-25)15-22-33(41)45-37-31(39)20-21-32(37)40)35(42)34-27-7-3-5-9-29(27)36(2)30-10-6-4-8-28(30)34;1-5(2,3)4/h3-14,16-19H,15,20-22H2,1-2H3;(H,2,3,4)/q+1;/p-1. The van der Waals surface area contributed by atoms with Gasteiger partial charge in [-0.05, 0) is 55.3 Å². The van der Waals surface area contributed by atoms with Crippen molar-refractivity contribution in [2.24, 2.45) is 7.05 Å². The smallest absolute Gasteiger partial charge is 0.333 e. The fourth-order valence-electron chi connectivity index (χ4n) is 5.59. The number of amides is 3. The molecule has 2 heterocycles. The van der Waals surface area contributed by atoms with Gasteiger partial charge in [0.25, 0.3) is 38.2 Å². The zero-order valence-electron chi connectivity index (χ0n) is 27.2. The number of hydrogen-bond donors (Lipinski definition) is 0. The lowest BCUT2D eigenvalue weighted by Gasteiger charge is -2.24. The number of benzene rings is 4. The van der Waals surface area contributed by atoms with Gasteiger partial charge in [-0.2, -0.15) is 8.87 Å². The highest BCUT2D eigenvalue weighted by atomic mass is 32.3. The number of carbonyl (C=O) groups excluding carboxylic acids is 4. The maximum Gasteiger partial charge on any atom is 0.333 e. The van der Waals surface area contributed by atoms with Crippen LogP contribution in [0.25, 0.3) is 21.8 Å². The number of sulfonamides is 1. The summed E-state index contributed by atoms with van der Waals surface area (Å²) in [6.45, 7) is 1.84. The molecule has 1 aliphatic rings. The lowest BCUT2D eigenvalue weighted by Crippen LogP contribution is -2.39. The second kappa shape index (κ2) is 14.7. The zero-order chi connectivity index (χ0) is 37.1. The summed E-state index contributed by atoms with van der Waals surface area (Å²) in [6.07, 6.45) is 0.0702. The first-order valence-corrected chi connectivity index (χ1v) is 18.1. The van der Waals surface area contributed by atoms with Crippen LogP contribution in [0, 0.1) is 6.92 Å². The first kappa shape index (κ1) is 36.7. The Balaban J connectivity index is 0.000000943. The molecule has 1 saturated heterocycles. The maximum atomic E-state index is 14.7. The van der Waals surface area contributed by atoms with Crippen LogP contribution in [-0.2, 0) is 53.2 Å². The van der Waals surface area contributed by atoms with Crippen molar-refractivity contribution >= 4 is 71.7 Å². The van der Waals surface area contributed by atoms with Crippen LogP contribution in [0.2, 0.25) is 0 Å². The van der Waals surface area contributed by atoms with Gasteiger partial charge in [0, 0.05) is 25.0 Å². The van der Waals surface area contributed by atoms with Crippen LogP contribution < -0.4 is 8.87 Å². The molecule has 5 aromatic rings. The van der Waals surface area contributed by atoms with Gasteiger partial charge < -0.3 is 9.39 Å². The Kier molecular flexibility index (Phi) is 10.6. The molecule has 0 spiro atoms. The number of aromatic nitrogens is 1. The fraction of sp³-hybridized carbons (Fsp3) is 0.171. The van der Waals surface area contributed by atoms with Gasteiger partial charge in [0.2, 0.25) is 11.0 Å². The minimum absolute atomic E-state index is 0.00129. The third-order valence-corrected chi connectivity index (χ3v) is 9.74. The van der Waals surface area contributed by atoms with Gasteiger partial charge in [-0.1, -0.05) is 54.1 Å². The molecule has 4 aromatic carbocycles. The van der Waals surface area contributed by atoms with Crippen LogP contribution in [0.15, 0.2) is 102 Å². The number of halogens is 1. The topological polar surface area (TPSA) is 179 Å². The van der Waals surface area contributed by atoms with E-state index in [1.54, 1.807) is 36.4 Å². The van der Waals surface area contributed by atoms with Crippen molar-refractivity contribution in [3.63, 3.8) is 0 Å². The minimum Gasteiger partial charge on any atom is -0.722 e. The number of nitrogens with zero attached hydrogens (tertiary/aromatic N) is 3. The van der Waals surface area contributed by atoms with E-state index in [-0.39, 0.29) is 41.8 Å². The van der Waals surface area contributed by atoms with E-state index in [0.29, 0.717) is 21.4 Å². The zero-order valence-corrected chi connectivity index (χ0v) is 28.8. The number of para-hydroxylation sites is 2. The van der Waals surface area contributed by atoms with Crippen molar-refractivity contribution in [2.45, 2.75) is 37.5 Å². The van der Waals surface area contributed by atoms with E-state index in [2.05, 4.69) is 0 Å². The van der Waals surface area contributed by atoms with Gasteiger partial charge in [-0.15, -0.1) is 8.95 Å².